The minimum atomic E-state index is -3.81. The monoisotopic (exact) mass is 402 g/mol. The third-order valence-electron chi connectivity index (χ3n) is 4.76. The summed E-state index contributed by atoms with van der Waals surface area (Å²) < 4.78 is 33.0. The third-order valence-corrected chi connectivity index (χ3v) is 6.60. The van der Waals surface area contributed by atoms with Crippen molar-refractivity contribution in [2.75, 3.05) is 20.2 Å². The zero-order valence-corrected chi connectivity index (χ0v) is 17.0. The lowest BCUT2D eigenvalue weighted by molar-refractivity contribution is -0.121. The molecule has 2 aromatic carbocycles. The Morgan fingerprint density at radius 1 is 1.18 bits per heavy atom. The van der Waals surface area contributed by atoms with Crippen molar-refractivity contribution >= 4 is 15.9 Å². The molecule has 1 aliphatic rings. The summed E-state index contributed by atoms with van der Waals surface area (Å²) in [7, 11) is -2.27. The van der Waals surface area contributed by atoms with Crippen molar-refractivity contribution in [1.82, 2.24) is 9.62 Å². The first-order chi connectivity index (χ1) is 13.4. The molecule has 6 nitrogen and oxygen atoms in total. The van der Waals surface area contributed by atoms with Gasteiger partial charge in [0.25, 0.3) is 0 Å². The van der Waals surface area contributed by atoms with Crippen LogP contribution in [0.1, 0.15) is 24.0 Å². The highest BCUT2D eigenvalue weighted by molar-refractivity contribution is 7.89. The van der Waals surface area contributed by atoms with E-state index in [1.807, 2.05) is 30.3 Å². The molecule has 1 saturated carbocycles. The number of carbonyl (C=O) groups is 1. The second kappa shape index (κ2) is 8.75. The smallest absolute Gasteiger partial charge is 0.243 e. The number of methoxy groups -OCH3 is 1. The number of hydrogen-bond acceptors (Lipinski definition) is 4. The van der Waals surface area contributed by atoms with Gasteiger partial charge in [0.15, 0.2) is 0 Å². The Hall–Kier alpha value is -2.38. The normalized spacial score (nSPS) is 14.1. The van der Waals surface area contributed by atoms with Crippen molar-refractivity contribution in [2.45, 2.75) is 37.1 Å². The second-order valence-corrected chi connectivity index (χ2v) is 8.99. The minimum absolute atomic E-state index is 0.165. The SMILES string of the molecule is COc1ccc(S(=O)(=O)N(CCc2ccccc2)CC(=O)NC2CC2)cc1C. The van der Waals surface area contributed by atoms with Crippen LogP contribution in [-0.4, -0.2) is 44.9 Å². The molecule has 7 heteroatoms. The highest BCUT2D eigenvalue weighted by Crippen LogP contribution is 2.24. The fraction of sp³-hybridized carbons (Fsp3) is 0.381. The first kappa shape index (κ1) is 20.4. The van der Waals surface area contributed by atoms with E-state index in [4.69, 9.17) is 4.74 Å². The molecule has 0 spiro atoms. The lowest BCUT2D eigenvalue weighted by Gasteiger charge is -2.22. The van der Waals surface area contributed by atoms with E-state index < -0.39 is 10.0 Å². The fourth-order valence-corrected chi connectivity index (χ4v) is 4.49. The molecule has 0 atom stereocenters. The third kappa shape index (κ3) is 5.11. The van der Waals surface area contributed by atoms with Crippen LogP contribution in [0.5, 0.6) is 5.75 Å². The van der Waals surface area contributed by atoms with E-state index in [0.717, 1.165) is 24.0 Å². The van der Waals surface area contributed by atoms with E-state index in [2.05, 4.69) is 5.32 Å². The van der Waals surface area contributed by atoms with Gasteiger partial charge in [0, 0.05) is 12.6 Å². The van der Waals surface area contributed by atoms with Gasteiger partial charge in [-0.05, 0) is 55.5 Å². The van der Waals surface area contributed by atoms with Gasteiger partial charge in [-0.1, -0.05) is 30.3 Å². The summed E-state index contributed by atoms with van der Waals surface area (Å²) in [5.74, 6) is 0.366. The molecular formula is C21H26N2O4S. The van der Waals surface area contributed by atoms with Crippen molar-refractivity contribution < 1.29 is 17.9 Å². The number of ether oxygens (including phenoxy) is 1. The molecule has 1 amide bonds. The summed E-state index contributed by atoms with van der Waals surface area (Å²) in [4.78, 5) is 12.5. The molecule has 0 radical (unpaired) electrons. The van der Waals surface area contributed by atoms with Crippen LogP contribution in [0, 0.1) is 6.92 Å². The lowest BCUT2D eigenvalue weighted by atomic mass is 10.1. The molecule has 28 heavy (non-hydrogen) atoms. The number of hydrogen-bond donors (Lipinski definition) is 1. The number of sulfonamides is 1. The number of nitrogens with zero attached hydrogens (tertiary/aromatic N) is 1. The molecule has 1 N–H and O–H groups in total. The maximum absolute atomic E-state index is 13.2. The van der Waals surface area contributed by atoms with Crippen molar-refractivity contribution in [3.05, 3.63) is 59.7 Å². The van der Waals surface area contributed by atoms with Gasteiger partial charge in [0.05, 0.1) is 18.6 Å². The fourth-order valence-electron chi connectivity index (χ4n) is 3.00. The van der Waals surface area contributed by atoms with Gasteiger partial charge in [-0.15, -0.1) is 0 Å². The highest BCUT2D eigenvalue weighted by Gasteiger charge is 2.29. The Morgan fingerprint density at radius 2 is 1.89 bits per heavy atom. The van der Waals surface area contributed by atoms with Crippen LogP contribution in [-0.2, 0) is 21.2 Å². The van der Waals surface area contributed by atoms with E-state index >= 15 is 0 Å². The van der Waals surface area contributed by atoms with Crippen molar-refractivity contribution in [2.24, 2.45) is 0 Å². The number of aryl methyl sites for hydroxylation is 1. The average molecular weight is 403 g/mol. The zero-order valence-electron chi connectivity index (χ0n) is 16.2. The topological polar surface area (TPSA) is 75.7 Å². The van der Waals surface area contributed by atoms with E-state index in [9.17, 15) is 13.2 Å². The van der Waals surface area contributed by atoms with Crippen LogP contribution in [0.25, 0.3) is 0 Å². The second-order valence-electron chi connectivity index (χ2n) is 7.05. The standard InChI is InChI=1S/C21H26N2O4S/c1-16-14-19(10-11-20(16)27-2)28(25,26)23(15-21(24)22-18-8-9-18)13-12-17-6-4-3-5-7-17/h3-7,10-11,14,18H,8-9,12-13,15H2,1-2H3,(H,22,24). The van der Waals surface area contributed by atoms with Gasteiger partial charge >= 0.3 is 0 Å². The van der Waals surface area contributed by atoms with Gasteiger partial charge in [-0.2, -0.15) is 4.31 Å². The molecule has 1 aliphatic carbocycles. The van der Waals surface area contributed by atoms with E-state index in [1.165, 1.54) is 10.4 Å². The van der Waals surface area contributed by atoms with Crippen LogP contribution in [0.3, 0.4) is 0 Å². The number of nitrogens with one attached hydrogen (secondary N) is 1. The molecule has 0 bridgehead atoms. The first-order valence-corrected chi connectivity index (χ1v) is 10.8. The van der Waals surface area contributed by atoms with Crippen LogP contribution in [0.15, 0.2) is 53.4 Å². The Morgan fingerprint density at radius 3 is 2.50 bits per heavy atom. The van der Waals surface area contributed by atoms with Gasteiger partial charge in [0.2, 0.25) is 15.9 Å². The molecule has 150 valence electrons. The van der Waals surface area contributed by atoms with Crippen LogP contribution >= 0.6 is 0 Å². The maximum atomic E-state index is 13.2. The number of carbonyl (C=O) groups excluding carboxylic acids is 1. The van der Waals surface area contributed by atoms with Gasteiger partial charge in [-0.3, -0.25) is 4.79 Å². The predicted molar refractivity (Wildman–Crippen MR) is 108 cm³/mol. The molecule has 0 aliphatic heterocycles. The minimum Gasteiger partial charge on any atom is -0.496 e. The van der Waals surface area contributed by atoms with Crippen LogP contribution in [0.4, 0.5) is 0 Å². The van der Waals surface area contributed by atoms with Crippen molar-refractivity contribution in [1.29, 1.82) is 0 Å². The highest BCUT2D eigenvalue weighted by atomic mass is 32.2. The molecule has 0 heterocycles. The van der Waals surface area contributed by atoms with E-state index in [1.54, 1.807) is 26.2 Å². The van der Waals surface area contributed by atoms with E-state index in [-0.39, 0.29) is 29.9 Å². The predicted octanol–water partition coefficient (Wildman–Crippen LogP) is 2.52. The Balaban J connectivity index is 1.82. The van der Waals surface area contributed by atoms with Crippen LogP contribution in [0.2, 0.25) is 0 Å². The van der Waals surface area contributed by atoms with Crippen molar-refractivity contribution in [3.8, 4) is 5.75 Å². The molecular weight excluding hydrogens is 376 g/mol. The summed E-state index contributed by atoms with van der Waals surface area (Å²) in [5, 5.41) is 2.87. The zero-order chi connectivity index (χ0) is 20.1. The quantitative estimate of drug-likeness (QED) is 0.699. The Labute approximate surface area is 166 Å². The number of benzene rings is 2. The van der Waals surface area contributed by atoms with Gasteiger partial charge in [0.1, 0.15) is 5.75 Å². The molecule has 3 rings (SSSR count). The average Bonchev–Trinajstić information content (AvgIpc) is 3.49. The molecule has 2 aromatic rings. The van der Waals surface area contributed by atoms with Crippen LogP contribution < -0.4 is 10.1 Å². The largest absolute Gasteiger partial charge is 0.496 e. The summed E-state index contributed by atoms with van der Waals surface area (Å²) in [6.07, 6.45) is 2.45. The molecule has 0 aromatic heterocycles. The summed E-state index contributed by atoms with van der Waals surface area (Å²) >= 11 is 0. The number of rotatable bonds is 9. The summed E-state index contributed by atoms with van der Waals surface area (Å²) in [6, 6.07) is 14.6. The van der Waals surface area contributed by atoms with Crippen molar-refractivity contribution in [3.63, 3.8) is 0 Å². The lowest BCUT2D eigenvalue weighted by Crippen LogP contribution is -2.42. The number of amides is 1. The van der Waals surface area contributed by atoms with Gasteiger partial charge in [-0.25, -0.2) is 8.42 Å². The summed E-state index contributed by atoms with van der Waals surface area (Å²) in [5.41, 5.74) is 1.75. The first-order valence-electron chi connectivity index (χ1n) is 9.38. The Kier molecular flexibility index (Phi) is 6.36. The van der Waals surface area contributed by atoms with Gasteiger partial charge < -0.3 is 10.1 Å². The summed E-state index contributed by atoms with van der Waals surface area (Å²) in [6.45, 7) is 1.85. The van der Waals surface area contributed by atoms with E-state index in [0.29, 0.717) is 12.2 Å². The molecule has 1 fully saturated rings. The molecule has 0 unspecified atom stereocenters. The maximum Gasteiger partial charge on any atom is 0.243 e. The Bertz CT molecular complexity index is 925. The molecule has 0 saturated heterocycles.